The van der Waals surface area contributed by atoms with Crippen LogP contribution >= 0.6 is 11.8 Å². The van der Waals surface area contributed by atoms with Gasteiger partial charge in [-0.25, -0.2) is 4.39 Å². The first-order chi connectivity index (χ1) is 11.2. The number of thioether (sulfide) groups is 1. The summed E-state index contributed by atoms with van der Waals surface area (Å²) < 4.78 is 19.1. The van der Waals surface area contributed by atoms with E-state index >= 15 is 0 Å². The Morgan fingerprint density at radius 3 is 2.91 bits per heavy atom. The second-order valence-corrected chi connectivity index (χ2v) is 6.65. The molecule has 23 heavy (non-hydrogen) atoms. The summed E-state index contributed by atoms with van der Waals surface area (Å²) in [7, 11) is 0. The number of hydrogen-bond acceptors (Lipinski definition) is 3. The van der Waals surface area contributed by atoms with Crippen LogP contribution in [0, 0.1) is 5.82 Å². The van der Waals surface area contributed by atoms with Crippen molar-refractivity contribution in [1.29, 1.82) is 0 Å². The maximum Gasteiger partial charge on any atom is 0.246 e. The van der Waals surface area contributed by atoms with Gasteiger partial charge in [-0.1, -0.05) is 18.2 Å². The second kappa shape index (κ2) is 7.51. The predicted molar refractivity (Wildman–Crippen MR) is 90.5 cm³/mol. The third kappa shape index (κ3) is 4.05. The molecule has 0 N–H and O–H groups in total. The Bertz CT molecular complexity index is 684. The van der Waals surface area contributed by atoms with E-state index in [1.54, 1.807) is 42.3 Å². The van der Waals surface area contributed by atoms with Crippen molar-refractivity contribution in [3.8, 4) is 0 Å². The van der Waals surface area contributed by atoms with Gasteiger partial charge in [-0.3, -0.25) is 4.79 Å². The Balaban J connectivity index is 1.62. The Morgan fingerprint density at radius 2 is 2.13 bits per heavy atom. The van der Waals surface area contributed by atoms with Gasteiger partial charge in [0.15, 0.2) is 0 Å². The molecule has 3 rings (SSSR count). The van der Waals surface area contributed by atoms with E-state index in [2.05, 4.69) is 0 Å². The number of amides is 1. The monoisotopic (exact) mass is 331 g/mol. The van der Waals surface area contributed by atoms with E-state index in [-0.39, 0.29) is 17.0 Å². The van der Waals surface area contributed by atoms with Gasteiger partial charge < -0.3 is 9.32 Å². The molecule has 1 atom stereocenters. The van der Waals surface area contributed by atoms with Crippen molar-refractivity contribution in [1.82, 2.24) is 4.90 Å². The van der Waals surface area contributed by atoms with Crippen LogP contribution in [0.5, 0.6) is 0 Å². The van der Waals surface area contributed by atoms with Gasteiger partial charge in [0.2, 0.25) is 5.91 Å². The van der Waals surface area contributed by atoms with Crippen molar-refractivity contribution in [3.63, 3.8) is 0 Å². The van der Waals surface area contributed by atoms with Crippen molar-refractivity contribution in [2.75, 3.05) is 18.8 Å². The Morgan fingerprint density at radius 1 is 1.26 bits per heavy atom. The highest BCUT2D eigenvalue weighted by Gasteiger charge is 2.22. The molecule has 1 saturated heterocycles. The van der Waals surface area contributed by atoms with E-state index in [1.165, 1.54) is 12.1 Å². The van der Waals surface area contributed by atoms with Gasteiger partial charge in [0, 0.05) is 35.7 Å². The van der Waals surface area contributed by atoms with Crippen LogP contribution in [0.2, 0.25) is 0 Å². The lowest BCUT2D eigenvalue weighted by molar-refractivity contribution is -0.125. The number of carbonyl (C=O) groups is 1. The predicted octanol–water partition coefficient (Wildman–Crippen LogP) is 4.14. The molecule has 1 aromatic heterocycles. The summed E-state index contributed by atoms with van der Waals surface area (Å²) in [6.45, 7) is 1.31. The van der Waals surface area contributed by atoms with Gasteiger partial charge in [0.1, 0.15) is 11.6 Å². The molecule has 1 aliphatic heterocycles. The zero-order chi connectivity index (χ0) is 16.1. The molecule has 1 fully saturated rings. The lowest BCUT2D eigenvalue weighted by Crippen LogP contribution is -2.31. The number of benzene rings is 1. The number of rotatable bonds is 3. The number of halogens is 1. The van der Waals surface area contributed by atoms with Gasteiger partial charge in [-0.15, -0.1) is 0 Å². The Kier molecular flexibility index (Phi) is 5.18. The molecule has 5 heteroatoms. The van der Waals surface area contributed by atoms with Crippen LogP contribution in [0.15, 0.2) is 53.2 Å². The van der Waals surface area contributed by atoms with Crippen molar-refractivity contribution >= 4 is 23.7 Å². The van der Waals surface area contributed by atoms with Gasteiger partial charge in [-0.05, 0) is 30.7 Å². The van der Waals surface area contributed by atoms with E-state index in [0.29, 0.717) is 18.8 Å². The summed E-state index contributed by atoms with van der Waals surface area (Å²) in [6.07, 6.45) is 5.54. The van der Waals surface area contributed by atoms with Gasteiger partial charge >= 0.3 is 0 Å². The van der Waals surface area contributed by atoms with E-state index in [1.807, 2.05) is 17.0 Å². The van der Waals surface area contributed by atoms with Crippen LogP contribution in [0.1, 0.15) is 23.0 Å². The molecular formula is C18H18FNO2S. The molecule has 1 aliphatic rings. The summed E-state index contributed by atoms with van der Waals surface area (Å²) in [4.78, 5) is 14.1. The van der Waals surface area contributed by atoms with Crippen molar-refractivity contribution in [2.45, 2.75) is 11.7 Å². The van der Waals surface area contributed by atoms with Gasteiger partial charge in [0.05, 0.1) is 6.26 Å². The molecule has 0 aliphatic carbocycles. The standard InChI is InChI=1S/C18H18FNO2S/c19-16-6-2-1-5-15(16)17-9-10-20(11-13-23-17)18(21)8-7-14-4-3-12-22-14/h1-8,12,17H,9-11,13H2/b8-7+/t17-/m1/s1. The maximum atomic E-state index is 13.9. The average Bonchev–Trinajstić information content (AvgIpc) is 2.96. The molecule has 0 unspecified atom stereocenters. The van der Waals surface area contributed by atoms with Crippen LogP contribution < -0.4 is 0 Å². The molecule has 2 heterocycles. The molecule has 1 aromatic carbocycles. The van der Waals surface area contributed by atoms with Crippen LogP contribution in [-0.2, 0) is 4.79 Å². The summed E-state index contributed by atoms with van der Waals surface area (Å²) in [5.74, 6) is 1.27. The quantitative estimate of drug-likeness (QED) is 0.793. The van der Waals surface area contributed by atoms with Crippen LogP contribution in [0.25, 0.3) is 6.08 Å². The summed E-state index contributed by atoms with van der Waals surface area (Å²) >= 11 is 1.71. The first kappa shape index (κ1) is 15.9. The lowest BCUT2D eigenvalue weighted by Gasteiger charge is -2.18. The summed E-state index contributed by atoms with van der Waals surface area (Å²) in [5.41, 5.74) is 0.734. The van der Waals surface area contributed by atoms with Crippen molar-refractivity contribution in [3.05, 3.63) is 65.9 Å². The number of carbonyl (C=O) groups excluding carboxylic acids is 1. The van der Waals surface area contributed by atoms with E-state index in [0.717, 1.165) is 17.7 Å². The first-order valence-corrected chi connectivity index (χ1v) is 8.65. The fraction of sp³-hybridized carbons (Fsp3) is 0.278. The minimum atomic E-state index is -0.164. The highest BCUT2D eigenvalue weighted by atomic mass is 32.2. The minimum Gasteiger partial charge on any atom is -0.465 e. The van der Waals surface area contributed by atoms with Gasteiger partial charge in [-0.2, -0.15) is 11.8 Å². The van der Waals surface area contributed by atoms with Crippen LogP contribution in [0.3, 0.4) is 0 Å². The normalized spacial score (nSPS) is 19.0. The average molecular weight is 331 g/mol. The number of nitrogens with zero attached hydrogens (tertiary/aromatic N) is 1. The first-order valence-electron chi connectivity index (χ1n) is 7.60. The molecule has 0 bridgehead atoms. The zero-order valence-electron chi connectivity index (χ0n) is 12.7. The SMILES string of the molecule is O=C(/C=C/c1ccco1)N1CCS[C@@H](c2ccccc2F)CC1. The molecule has 0 spiro atoms. The summed E-state index contributed by atoms with van der Waals surface area (Å²) in [5, 5.41) is 0.100. The highest BCUT2D eigenvalue weighted by Crippen LogP contribution is 2.35. The molecule has 1 amide bonds. The third-order valence-electron chi connectivity index (χ3n) is 3.84. The second-order valence-electron chi connectivity index (χ2n) is 5.34. The smallest absolute Gasteiger partial charge is 0.246 e. The molecule has 0 saturated carbocycles. The largest absolute Gasteiger partial charge is 0.465 e. The molecular weight excluding hydrogens is 313 g/mol. The zero-order valence-corrected chi connectivity index (χ0v) is 13.5. The van der Waals surface area contributed by atoms with Crippen molar-refractivity contribution < 1.29 is 13.6 Å². The van der Waals surface area contributed by atoms with Crippen molar-refractivity contribution in [2.24, 2.45) is 0 Å². The minimum absolute atomic E-state index is 0.0313. The Hall–Kier alpha value is -2.01. The highest BCUT2D eigenvalue weighted by molar-refractivity contribution is 7.99. The molecule has 2 aromatic rings. The van der Waals surface area contributed by atoms with E-state index < -0.39 is 0 Å². The van der Waals surface area contributed by atoms with Crippen LogP contribution in [-0.4, -0.2) is 29.6 Å². The molecule has 120 valence electrons. The topological polar surface area (TPSA) is 33.5 Å². The number of furan rings is 1. The fourth-order valence-corrected chi connectivity index (χ4v) is 3.87. The molecule has 0 radical (unpaired) electrons. The van der Waals surface area contributed by atoms with Gasteiger partial charge in [0.25, 0.3) is 0 Å². The lowest BCUT2D eigenvalue weighted by atomic mass is 10.1. The Labute approximate surface area is 139 Å². The maximum absolute atomic E-state index is 13.9. The summed E-state index contributed by atoms with van der Waals surface area (Å²) in [6, 6.07) is 10.5. The number of hydrogen-bond donors (Lipinski definition) is 0. The fourth-order valence-electron chi connectivity index (χ4n) is 2.62. The van der Waals surface area contributed by atoms with E-state index in [4.69, 9.17) is 4.42 Å². The van der Waals surface area contributed by atoms with Crippen LogP contribution in [0.4, 0.5) is 4.39 Å². The third-order valence-corrected chi connectivity index (χ3v) is 5.15. The van der Waals surface area contributed by atoms with E-state index in [9.17, 15) is 9.18 Å². The molecule has 3 nitrogen and oxygen atoms in total.